The van der Waals surface area contributed by atoms with Gasteiger partial charge in [-0.3, -0.25) is 4.79 Å². The molecule has 0 N–H and O–H groups in total. The highest BCUT2D eigenvalue weighted by Gasteiger charge is 2.28. The number of rotatable bonds is 4. The molecule has 0 aliphatic heterocycles. The first-order valence-corrected chi connectivity index (χ1v) is 7.08. The van der Waals surface area contributed by atoms with E-state index in [0.29, 0.717) is 13.0 Å². The van der Waals surface area contributed by atoms with Gasteiger partial charge in [0.1, 0.15) is 6.61 Å². The third-order valence-electron chi connectivity index (χ3n) is 3.85. The van der Waals surface area contributed by atoms with E-state index in [0.717, 1.165) is 0 Å². The van der Waals surface area contributed by atoms with Crippen LogP contribution in [0.25, 0.3) is 11.1 Å². The lowest BCUT2D eigenvalue weighted by atomic mass is 9.98. The van der Waals surface area contributed by atoms with Crippen molar-refractivity contribution in [3.63, 3.8) is 0 Å². The number of ether oxygens (including phenoxy) is 1. The number of carbonyl (C=O) groups excluding carboxylic acids is 1. The number of hydrogen-bond donors (Lipinski definition) is 0. The summed E-state index contributed by atoms with van der Waals surface area (Å²) in [4.78, 5) is 11.7. The van der Waals surface area contributed by atoms with Gasteiger partial charge in [-0.25, -0.2) is 0 Å². The van der Waals surface area contributed by atoms with Crippen molar-refractivity contribution in [2.24, 2.45) is 0 Å². The molecule has 1 aliphatic rings. The van der Waals surface area contributed by atoms with E-state index in [2.05, 4.69) is 30.2 Å². The molecule has 2 aromatic carbocycles. The molecule has 21 heavy (non-hydrogen) atoms. The van der Waals surface area contributed by atoms with E-state index in [1.165, 1.54) is 22.3 Å². The van der Waals surface area contributed by atoms with Gasteiger partial charge in [0, 0.05) is 12.3 Å². The van der Waals surface area contributed by atoms with E-state index in [1.807, 2.05) is 24.3 Å². The lowest BCUT2D eigenvalue weighted by molar-refractivity contribution is -0.143. The summed E-state index contributed by atoms with van der Waals surface area (Å²) in [6.07, 6.45) is 5.88. The van der Waals surface area contributed by atoms with Crippen molar-refractivity contribution < 1.29 is 9.53 Å². The van der Waals surface area contributed by atoms with Crippen LogP contribution in [0.4, 0.5) is 0 Å². The third kappa shape index (κ3) is 2.55. The van der Waals surface area contributed by atoms with Crippen LogP contribution in [0, 0.1) is 12.3 Å². The first kappa shape index (κ1) is 13.5. The summed E-state index contributed by atoms with van der Waals surface area (Å²) in [5.41, 5.74) is 4.92. The molecule has 0 saturated carbocycles. The summed E-state index contributed by atoms with van der Waals surface area (Å²) < 4.78 is 5.41. The van der Waals surface area contributed by atoms with Gasteiger partial charge in [0.15, 0.2) is 0 Å². The maximum absolute atomic E-state index is 11.7. The highest BCUT2D eigenvalue weighted by atomic mass is 16.5. The molecule has 0 atom stereocenters. The minimum Gasteiger partial charge on any atom is -0.465 e. The molecule has 0 spiro atoms. The minimum atomic E-state index is -0.227. The normalized spacial score (nSPS) is 12.3. The van der Waals surface area contributed by atoms with Gasteiger partial charge in [0.25, 0.3) is 0 Å². The van der Waals surface area contributed by atoms with Crippen molar-refractivity contribution in [3.05, 3.63) is 59.7 Å². The quantitative estimate of drug-likeness (QED) is 0.628. The molecule has 0 heterocycles. The monoisotopic (exact) mass is 276 g/mol. The summed E-state index contributed by atoms with van der Waals surface area (Å²) in [5.74, 6) is 2.35. The van der Waals surface area contributed by atoms with Crippen molar-refractivity contribution in [2.75, 3.05) is 6.61 Å². The van der Waals surface area contributed by atoms with Crippen LogP contribution in [0.3, 0.4) is 0 Å². The van der Waals surface area contributed by atoms with Gasteiger partial charge in [0.05, 0.1) is 6.42 Å². The highest BCUT2D eigenvalue weighted by molar-refractivity contribution is 5.79. The second kappa shape index (κ2) is 5.85. The van der Waals surface area contributed by atoms with Crippen LogP contribution >= 0.6 is 0 Å². The Bertz CT molecular complexity index is 664. The molecule has 3 rings (SSSR count). The predicted octanol–water partition coefficient (Wildman–Crippen LogP) is 3.76. The molecule has 2 nitrogen and oxygen atoms in total. The Hall–Kier alpha value is -2.53. The summed E-state index contributed by atoms with van der Waals surface area (Å²) >= 11 is 0. The molecule has 0 radical (unpaired) electrons. The molecule has 1 aliphatic carbocycles. The Morgan fingerprint density at radius 3 is 2.19 bits per heavy atom. The van der Waals surface area contributed by atoms with Gasteiger partial charge in [-0.1, -0.05) is 48.5 Å². The van der Waals surface area contributed by atoms with E-state index >= 15 is 0 Å². The molecular weight excluding hydrogens is 260 g/mol. The molecule has 0 amide bonds. The van der Waals surface area contributed by atoms with Crippen LogP contribution in [-0.4, -0.2) is 12.6 Å². The zero-order valence-electron chi connectivity index (χ0n) is 11.7. The fourth-order valence-corrected chi connectivity index (χ4v) is 2.86. The highest BCUT2D eigenvalue weighted by Crippen LogP contribution is 2.44. The summed E-state index contributed by atoms with van der Waals surface area (Å²) in [6.45, 7) is 0.372. The average Bonchev–Trinajstić information content (AvgIpc) is 2.85. The summed E-state index contributed by atoms with van der Waals surface area (Å²) in [7, 11) is 0. The average molecular weight is 276 g/mol. The van der Waals surface area contributed by atoms with Gasteiger partial charge in [-0.2, -0.15) is 0 Å². The molecule has 0 unspecified atom stereocenters. The Morgan fingerprint density at radius 2 is 1.62 bits per heavy atom. The van der Waals surface area contributed by atoms with Crippen LogP contribution < -0.4 is 0 Å². The van der Waals surface area contributed by atoms with E-state index < -0.39 is 0 Å². The Kier molecular flexibility index (Phi) is 3.75. The second-order valence-corrected chi connectivity index (χ2v) is 5.11. The van der Waals surface area contributed by atoms with Gasteiger partial charge < -0.3 is 4.74 Å². The first-order chi connectivity index (χ1) is 10.3. The Morgan fingerprint density at radius 1 is 1.05 bits per heavy atom. The second-order valence-electron chi connectivity index (χ2n) is 5.11. The lowest BCUT2D eigenvalue weighted by Gasteiger charge is -2.13. The fourth-order valence-electron chi connectivity index (χ4n) is 2.86. The molecule has 2 heteroatoms. The van der Waals surface area contributed by atoms with Crippen molar-refractivity contribution in [1.82, 2.24) is 0 Å². The van der Waals surface area contributed by atoms with Gasteiger partial charge in [-0.15, -0.1) is 12.3 Å². The summed E-state index contributed by atoms with van der Waals surface area (Å²) in [6, 6.07) is 16.6. The van der Waals surface area contributed by atoms with Crippen molar-refractivity contribution in [3.8, 4) is 23.5 Å². The number of esters is 1. The summed E-state index contributed by atoms with van der Waals surface area (Å²) in [5, 5.41) is 0. The van der Waals surface area contributed by atoms with Crippen molar-refractivity contribution in [2.45, 2.75) is 18.8 Å². The maximum Gasteiger partial charge on any atom is 0.306 e. The third-order valence-corrected chi connectivity index (χ3v) is 3.85. The van der Waals surface area contributed by atoms with Gasteiger partial charge in [0.2, 0.25) is 0 Å². The topological polar surface area (TPSA) is 26.3 Å². The molecule has 2 aromatic rings. The SMILES string of the molecule is C#CCCC(=O)OCC1c2ccccc2-c2ccccc21. The molecule has 0 saturated heterocycles. The van der Waals surface area contributed by atoms with Crippen molar-refractivity contribution >= 4 is 5.97 Å². The Balaban J connectivity index is 1.83. The largest absolute Gasteiger partial charge is 0.465 e. The van der Waals surface area contributed by atoms with Gasteiger partial charge in [-0.05, 0) is 22.3 Å². The molecule has 104 valence electrons. The molecule has 0 fully saturated rings. The van der Waals surface area contributed by atoms with Crippen molar-refractivity contribution in [1.29, 1.82) is 0 Å². The number of benzene rings is 2. The fraction of sp³-hybridized carbons (Fsp3) is 0.211. The molecule has 0 aromatic heterocycles. The van der Waals surface area contributed by atoms with Crippen LogP contribution in [0.2, 0.25) is 0 Å². The molecular formula is C19H16O2. The smallest absolute Gasteiger partial charge is 0.306 e. The number of carbonyl (C=O) groups is 1. The van der Waals surface area contributed by atoms with Crippen LogP contribution in [0.1, 0.15) is 29.9 Å². The van der Waals surface area contributed by atoms with E-state index in [-0.39, 0.29) is 18.3 Å². The van der Waals surface area contributed by atoms with E-state index in [1.54, 1.807) is 0 Å². The van der Waals surface area contributed by atoms with Crippen LogP contribution in [-0.2, 0) is 9.53 Å². The lowest BCUT2D eigenvalue weighted by Crippen LogP contribution is -2.12. The number of fused-ring (bicyclic) bond motifs is 3. The Labute approximate surface area is 124 Å². The zero-order valence-corrected chi connectivity index (χ0v) is 11.7. The van der Waals surface area contributed by atoms with Gasteiger partial charge >= 0.3 is 5.97 Å². The van der Waals surface area contributed by atoms with Crippen LogP contribution in [0.5, 0.6) is 0 Å². The number of terminal acetylenes is 1. The predicted molar refractivity (Wildman–Crippen MR) is 82.7 cm³/mol. The van der Waals surface area contributed by atoms with E-state index in [4.69, 9.17) is 11.2 Å². The standard InChI is InChI=1S/C19H16O2/c1-2-3-12-19(20)21-13-18-16-10-6-4-8-14(16)15-9-5-7-11-17(15)18/h1,4-11,18H,3,12-13H2. The van der Waals surface area contributed by atoms with E-state index in [9.17, 15) is 4.79 Å². The minimum absolute atomic E-state index is 0.118. The van der Waals surface area contributed by atoms with Crippen LogP contribution in [0.15, 0.2) is 48.5 Å². The molecule has 0 bridgehead atoms. The first-order valence-electron chi connectivity index (χ1n) is 7.08. The zero-order chi connectivity index (χ0) is 14.7. The number of hydrogen-bond acceptors (Lipinski definition) is 2. The maximum atomic E-state index is 11.7.